The Kier molecular flexibility index (Phi) is 4.12. The second kappa shape index (κ2) is 6.05. The normalized spacial score (nSPS) is 17.6. The molecule has 1 aromatic heterocycles. The van der Waals surface area contributed by atoms with E-state index in [9.17, 15) is 9.59 Å². The molecule has 1 aromatic carbocycles. The van der Waals surface area contributed by atoms with Crippen molar-refractivity contribution < 1.29 is 19.4 Å². The number of amides is 1. The fourth-order valence-corrected chi connectivity index (χ4v) is 3.33. The van der Waals surface area contributed by atoms with E-state index in [0.717, 1.165) is 15.7 Å². The number of carbonyl (C=O) groups excluding carboxylic acids is 1. The summed E-state index contributed by atoms with van der Waals surface area (Å²) in [6.07, 6.45) is -0.721. The van der Waals surface area contributed by atoms with Crippen molar-refractivity contribution in [2.75, 3.05) is 11.5 Å². The van der Waals surface area contributed by atoms with E-state index in [-0.39, 0.29) is 13.0 Å². The van der Waals surface area contributed by atoms with Gasteiger partial charge in [0.2, 0.25) is 0 Å². The van der Waals surface area contributed by atoms with Crippen molar-refractivity contribution in [2.24, 2.45) is 0 Å². The number of aliphatic carboxylic acids is 1. The van der Waals surface area contributed by atoms with E-state index in [1.54, 1.807) is 0 Å². The highest BCUT2D eigenvalue weighted by molar-refractivity contribution is 9.10. The molecule has 1 saturated heterocycles. The maximum absolute atomic E-state index is 11.8. The van der Waals surface area contributed by atoms with Gasteiger partial charge in [-0.05, 0) is 12.1 Å². The fourth-order valence-electron chi connectivity index (χ4n) is 2.17. The van der Waals surface area contributed by atoms with Crippen LogP contribution in [0.4, 0.5) is 9.93 Å². The van der Waals surface area contributed by atoms with Gasteiger partial charge in [0.05, 0.1) is 18.2 Å². The Hall–Kier alpha value is -1.93. The number of hydrogen-bond donors (Lipinski definition) is 1. The van der Waals surface area contributed by atoms with E-state index in [1.807, 2.05) is 29.6 Å². The standard InChI is InChI=1S/C14H11BrN2O4S/c15-9-3-1-8(2-4-9)11-7-22-13(16-11)17-10(5-12(18)19)6-21-14(17)20/h1-4,7,10H,5-6H2,(H,18,19)/t10-/m0/s1. The molecule has 1 amide bonds. The second-order valence-corrected chi connectivity index (χ2v) is 6.47. The molecule has 1 aliphatic rings. The second-order valence-electron chi connectivity index (χ2n) is 4.72. The van der Waals surface area contributed by atoms with Crippen molar-refractivity contribution in [3.8, 4) is 11.3 Å². The molecule has 6 nitrogen and oxygen atoms in total. The minimum Gasteiger partial charge on any atom is -0.481 e. The molecular weight excluding hydrogens is 372 g/mol. The van der Waals surface area contributed by atoms with Gasteiger partial charge in [0.15, 0.2) is 5.13 Å². The number of carboxylic acid groups (broad SMARTS) is 1. The van der Waals surface area contributed by atoms with Crippen molar-refractivity contribution >= 4 is 44.5 Å². The number of carbonyl (C=O) groups is 2. The number of hydrogen-bond acceptors (Lipinski definition) is 5. The first-order valence-electron chi connectivity index (χ1n) is 6.44. The van der Waals surface area contributed by atoms with Crippen LogP contribution >= 0.6 is 27.3 Å². The molecule has 2 aromatic rings. The number of carboxylic acids is 1. The summed E-state index contributed by atoms with van der Waals surface area (Å²) < 4.78 is 5.92. The largest absolute Gasteiger partial charge is 0.481 e. The molecule has 0 bridgehead atoms. The topological polar surface area (TPSA) is 79.7 Å². The highest BCUT2D eigenvalue weighted by atomic mass is 79.9. The van der Waals surface area contributed by atoms with E-state index in [0.29, 0.717) is 5.13 Å². The summed E-state index contributed by atoms with van der Waals surface area (Å²) in [7, 11) is 0. The first-order valence-corrected chi connectivity index (χ1v) is 8.11. The molecule has 0 saturated carbocycles. The summed E-state index contributed by atoms with van der Waals surface area (Å²) in [5.74, 6) is -0.974. The zero-order chi connectivity index (χ0) is 15.7. The van der Waals surface area contributed by atoms with Gasteiger partial charge in [0.1, 0.15) is 6.61 Å². The van der Waals surface area contributed by atoms with E-state index < -0.39 is 18.1 Å². The van der Waals surface area contributed by atoms with Crippen LogP contribution in [0.3, 0.4) is 0 Å². The maximum Gasteiger partial charge on any atom is 0.416 e. The number of benzene rings is 1. The lowest BCUT2D eigenvalue weighted by Gasteiger charge is -2.16. The number of halogens is 1. The van der Waals surface area contributed by atoms with E-state index in [2.05, 4.69) is 20.9 Å². The highest BCUT2D eigenvalue weighted by Gasteiger charge is 2.37. The van der Waals surface area contributed by atoms with Crippen molar-refractivity contribution in [1.82, 2.24) is 4.98 Å². The van der Waals surface area contributed by atoms with Gasteiger partial charge in [-0.2, -0.15) is 0 Å². The van der Waals surface area contributed by atoms with Gasteiger partial charge in [0.25, 0.3) is 0 Å². The summed E-state index contributed by atoms with van der Waals surface area (Å²) in [4.78, 5) is 28.5. The molecule has 1 fully saturated rings. The lowest BCUT2D eigenvalue weighted by Crippen LogP contribution is -2.35. The molecule has 114 valence electrons. The van der Waals surface area contributed by atoms with Crippen molar-refractivity contribution in [2.45, 2.75) is 12.5 Å². The summed E-state index contributed by atoms with van der Waals surface area (Å²) in [6.45, 7) is 0.0678. The van der Waals surface area contributed by atoms with Gasteiger partial charge in [-0.25, -0.2) is 14.7 Å². The van der Waals surface area contributed by atoms with Crippen LogP contribution in [-0.4, -0.2) is 34.8 Å². The Morgan fingerprint density at radius 3 is 2.86 bits per heavy atom. The summed E-state index contributed by atoms with van der Waals surface area (Å²) >= 11 is 4.66. The smallest absolute Gasteiger partial charge is 0.416 e. The third kappa shape index (κ3) is 2.97. The Morgan fingerprint density at radius 2 is 2.18 bits per heavy atom. The minimum atomic E-state index is -0.974. The van der Waals surface area contributed by atoms with E-state index in [1.165, 1.54) is 16.2 Å². The molecule has 0 spiro atoms. The number of rotatable bonds is 4. The van der Waals surface area contributed by atoms with Gasteiger partial charge in [0, 0.05) is 15.4 Å². The lowest BCUT2D eigenvalue weighted by atomic mass is 10.2. The van der Waals surface area contributed by atoms with Gasteiger partial charge >= 0.3 is 12.1 Å². The van der Waals surface area contributed by atoms with E-state index >= 15 is 0 Å². The van der Waals surface area contributed by atoms with Crippen molar-refractivity contribution in [1.29, 1.82) is 0 Å². The van der Waals surface area contributed by atoms with Crippen molar-refractivity contribution in [3.05, 3.63) is 34.1 Å². The van der Waals surface area contributed by atoms with Crippen molar-refractivity contribution in [3.63, 3.8) is 0 Å². The zero-order valence-electron chi connectivity index (χ0n) is 11.2. The van der Waals surface area contributed by atoms with Crippen LogP contribution in [0.15, 0.2) is 34.1 Å². The predicted octanol–water partition coefficient (Wildman–Crippen LogP) is 3.37. The maximum atomic E-state index is 11.8. The van der Waals surface area contributed by atoms with Crippen LogP contribution in [0.5, 0.6) is 0 Å². The molecule has 0 aliphatic carbocycles. The molecule has 8 heteroatoms. The number of ether oxygens (including phenoxy) is 1. The average Bonchev–Trinajstić information content (AvgIpc) is 3.06. The van der Waals surface area contributed by atoms with Gasteiger partial charge < -0.3 is 9.84 Å². The first-order chi connectivity index (χ1) is 10.5. The summed E-state index contributed by atoms with van der Waals surface area (Å²) in [5.41, 5.74) is 1.66. The van der Waals surface area contributed by atoms with E-state index in [4.69, 9.17) is 9.84 Å². The molecule has 1 atom stereocenters. The molecule has 1 aliphatic heterocycles. The fraction of sp³-hybridized carbons (Fsp3) is 0.214. The lowest BCUT2D eigenvalue weighted by molar-refractivity contribution is -0.137. The Labute approximate surface area is 138 Å². The van der Waals surface area contributed by atoms with Crippen LogP contribution in [-0.2, 0) is 9.53 Å². The average molecular weight is 383 g/mol. The molecule has 0 radical (unpaired) electrons. The number of aromatic nitrogens is 1. The number of nitrogens with zero attached hydrogens (tertiary/aromatic N) is 2. The first kappa shape index (κ1) is 15.0. The Bertz CT molecular complexity index is 716. The summed E-state index contributed by atoms with van der Waals surface area (Å²) in [5, 5.41) is 11.2. The SMILES string of the molecule is O=C(O)C[C@H]1COC(=O)N1c1nc(-c2ccc(Br)cc2)cs1. The van der Waals surface area contributed by atoms with Crippen LogP contribution in [0, 0.1) is 0 Å². The highest BCUT2D eigenvalue weighted by Crippen LogP contribution is 2.32. The van der Waals surface area contributed by atoms with Crippen LogP contribution in [0.2, 0.25) is 0 Å². The number of cyclic esters (lactones) is 1. The predicted molar refractivity (Wildman–Crippen MR) is 85.1 cm³/mol. The molecule has 0 unspecified atom stereocenters. The third-order valence-corrected chi connectivity index (χ3v) is 4.58. The Balaban J connectivity index is 1.87. The molecule has 3 rings (SSSR count). The molecule has 22 heavy (non-hydrogen) atoms. The van der Waals surface area contributed by atoms with Crippen LogP contribution < -0.4 is 4.90 Å². The third-order valence-electron chi connectivity index (χ3n) is 3.21. The quantitative estimate of drug-likeness (QED) is 0.876. The molecular formula is C14H11BrN2O4S. The monoisotopic (exact) mass is 382 g/mol. The van der Waals surface area contributed by atoms with Crippen LogP contribution in [0.25, 0.3) is 11.3 Å². The van der Waals surface area contributed by atoms with Gasteiger partial charge in [-0.3, -0.25) is 4.79 Å². The van der Waals surface area contributed by atoms with Gasteiger partial charge in [-0.1, -0.05) is 28.1 Å². The Morgan fingerprint density at radius 1 is 1.45 bits per heavy atom. The minimum absolute atomic E-state index is 0.0678. The zero-order valence-corrected chi connectivity index (χ0v) is 13.6. The van der Waals surface area contributed by atoms with Gasteiger partial charge in [-0.15, -0.1) is 11.3 Å². The molecule has 1 N–H and O–H groups in total. The molecule has 2 heterocycles. The summed E-state index contributed by atoms with van der Waals surface area (Å²) in [6, 6.07) is 7.13. The number of thiazole rings is 1. The van der Waals surface area contributed by atoms with Crippen LogP contribution in [0.1, 0.15) is 6.42 Å². The number of anilines is 1.